The van der Waals surface area contributed by atoms with E-state index in [1.54, 1.807) is 11.8 Å². The van der Waals surface area contributed by atoms with Crippen molar-refractivity contribution < 1.29 is 0 Å². The topological polar surface area (TPSA) is 12.9 Å². The van der Waals surface area contributed by atoms with Crippen LogP contribution in [-0.2, 0) is 6.42 Å². The Bertz CT molecular complexity index is 2900. The van der Waals surface area contributed by atoms with E-state index in [2.05, 4.69) is 216 Å². The molecular formula is C61H63NS. The van der Waals surface area contributed by atoms with Crippen LogP contribution in [0.15, 0.2) is 189 Å². The Morgan fingerprint density at radius 2 is 0.905 bits per heavy atom. The first kappa shape index (κ1) is 47.6. The quantitative estimate of drug-likeness (QED) is 0.117. The Morgan fingerprint density at radius 1 is 0.476 bits per heavy atom. The Kier molecular flexibility index (Phi) is 17.9. The van der Waals surface area contributed by atoms with E-state index < -0.39 is 0 Å². The van der Waals surface area contributed by atoms with Crippen LogP contribution in [0, 0.1) is 20.8 Å². The van der Waals surface area contributed by atoms with Crippen molar-refractivity contribution in [2.75, 3.05) is 12.5 Å². The van der Waals surface area contributed by atoms with Crippen molar-refractivity contribution in [3.05, 3.63) is 217 Å². The van der Waals surface area contributed by atoms with Crippen molar-refractivity contribution in [2.24, 2.45) is 0 Å². The number of aromatic nitrogens is 1. The number of aryl methyl sites for hydroxylation is 3. The Balaban J connectivity index is 0.000000778. The predicted molar refractivity (Wildman–Crippen MR) is 285 cm³/mol. The summed E-state index contributed by atoms with van der Waals surface area (Å²) < 4.78 is 0. The zero-order chi connectivity index (χ0) is 45.3. The molecule has 0 aliphatic heterocycles. The van der Waals surface area contributed by atoms with Crippen LogP contribution in [0.3, 0.4) is 0 Å². The molecule has 0 amide bonds. The number of allylic oxidation sites excluding steroid dienone is 1. The van der Waals surface area contributed by atoms with Crippen LogP contribution in [0.25, 0.3) is 83.2 Å². The van der Waals surface area contributed by atoms with Gasteiger partial charge in [0.15, 0.2) is 0 Å². The molecule has 0 aliphatic rings. The van der Waals surface area contributed by atoms with Gasteiger partial charge in [-0.25, -0.2) is 4.98 Å². The molecule has 318 valence electrons. The fourth-order valence-electron chi connectivity index (χ4n) is 7.86. The number of hydrogen-bond acceptors (Lipinski definition) is 2. The lowest BCUT2D eigenvalue weighted by atomic mass is 9.89. The number of pyridine rings is 1. The highest BCUT2D eigenvalue weighted by atomic mass is 32.2. The van der Waals surface area contributed by atoms with E-state index in [0.29, 0.717) is 0 Å². The minimum atomic E-state index is 0.886. The van der Waals surface area contributed by atoms with Crippen molar-refractivity contribution in [1.82, 2.24) is 4.98 Å². The van der Waals surface area contributed by atoms with Gasteiger partial charge in [-0.3, -0.25) is 0 Å². The van der Waals surface area contributed by atoms with Crippen molar-refractivity contribution in [3.63, 3.8) is 0 Å². The Morgan fingerprint density at radius 3 is 1.48 bits per heavy atom. The molecule has 0 fully saturated rings. The fraction of sp³-hybridized carbons (Fsp3) is 0.164. The molecule has 0 atom stereocenters. The van der Waals surface area contributed by atoms with E-state index >= 15 is 0 Å². The molecule has 63 heavy (non-hydrogen) atoms. The number of fused-ring (bicyclic) bond motifs is 4. The SMILES string of the molecule is C=C.CC.CC.CSC.Cc1ccc2ccc(/C=C\Cc3ccc(-c4ccccc4-c4ccccc4-c4ccc(-c5ccc6ccc7ccc(C)cc7c6n5)cc4)cc3)c(C)c2c1. The van der Waals surface area contributed by atoms with E-state index in [0.717, 1.165) is 28.6 Å². The van der Waals surface area contributed by atoms with Gasteiger partial charge in [0.05, 0.1) is 11.2 Å². The van der Waals surface area contributed by atoms with Crippen LogP contribution in [0.5, 0.6) is 0 Å². The largest absolute Gasteiger partial charge is 0.247 e. The maximum atomic E-state index is 5.18. The molecule has 9 aromatic rings. The molecule has 9 rings (SSSR count). The van der Waals surface area contributed by atoms with Gasteiger partial charge in [-0.15, -0.1) is 13.2 Å². The smallest absolute Gasteiger partial charge is 0.0787 e. The maximum absolute atomic E-state index is 5.18. The summed E-state index contributed by atoms with van der Waals surface area (Å²) in [7, 11) is 0. The van der Waals surface area contributed by atoms with Gasteiger partial charge < -0.3 is 0 Å². The molecule has 2 heteroatoms. The zero-order valence-electron chi connectivity index (χ0n) is 38.8. The second-order valence-corrected chi connectivity index (χ2v) is 15.8. The van der Waals surface area contributed by atoms with Gasteiger partial charge in [0.25, 0.3) is 0 Å². The number of benzene rings is 8. The van der Waals surface area contributed by atoms with Crippen LogP contribution in [0.4, 0.5) is 0 Å². The van der Waals surface area contributed by atoms with E-state index in [4.69, 9.17) is 4.98 Å². The molecular weight excluding hydrogens is 779 g/mol. The summed E-state index contributed by atoms with van der Waals surface area (Å²) in [5, 5.41) is 6.21. The molecule has 8 aromatic carbocycles. The van der Waals surface area contributed by atoms with Gasteiger partial charge >= 0.3 is 0 Å². The first-order valence-electron chi connectivity index (χ1n) is 22.2. The van der Waals surface area contributed by atoms with Gasteiger partial charge in [0.2, 0.25) is 0 Å². The van der Waals surface area contributed by atoms with E-state index in [1.807, 2.05) is 40.2 Å². The van der Waals surface area contributed by atoms with Gasteiger partial charge in [0, 0.05) is 16.3 Å². The monoisotopic (exact) mass is 841 g/mol. The van der Waals surface area contributed by atoms with E-state index in [9.17, 15) is 0 Å². The molecule has 0 unspecified atom stereocenters. The summed E-state index contributed by atoms with van der Waals surface area (Å²) in [6.45, 7) is 20.5. The summed E-state index contributed by atoms with van der Waals surface area (Å²) in [5.41, 5.74) is 16.9. The normalized spacial score (nSPS) is 10.5. The summed E-state index contributed by atoms with van der Waals surface area (Å²) in [4.78, 5) is 5.18. The van der Waals surface area contributed by atoms with E-state index in [-0.39, 0.29) is 0 Å². The Hall–Kier alpha value is -6.48. The third-order valence-corrected chi connectivity index (χ3v) is 10.9. The molecule has 0 N–H and O–H groups in total. The average Bonchev–Trinajstić information content (AvgIpc) is 3.34. The molecule has 0 radical (unpaired) electrons. The lowest BCUT2D eigenvalue weighted by Crippen LogP contribution is -1.90. The molecule has 0 saturated carbocycles. The molecule has 0 saturated heterocycles. The molecule has 1 heterocycles. The van der Waals surface area contributed by atoms with Gasteiger partial charge in [-0.05, 0) is 118 Å². The second kappa shape index (κ2) is 23.7. The summed E-state index contributed by atoms with van der Waals surface area (Å²) >= 11 is 1.75. The highest BCUT2D eigenvalue weighted by Crippen LogP contribution is 2.39. The third kappa shape index (κ3) is 11.3. The zero-order valence-corrected chi connectivity index (χ0v) is 39.6. The first-order chi connectivity index (χ1) is 30.9. The van der Waals surface area contributed by atoms with Crippen molar-refractivity contribution in [1.29, 1.82) is 0 Å². The van der Waals surface area contributed by atoms with Crippen molar-refractivity contribution >= 4 is 50.3 Å². The second-order valence-electron chi connectivity index (χ2n) is 14.9. The number of nitrogens with zero attached hydrogens (tertiary/aromatic N) is 1. The van der Waals surface area contributed by atoms with Gasteiger partial charge in [-0.2, -0.15) is 11.8 Å². The number of hydrogen-bond donors (Lipinski definition) is 0. The lowest BCUT2D eigenvalue weighted by molar-refractivity contribution is 1.28. The standard InChI is InChI=1S/C53H41N.C2H6S.2C2H6.C2H4/c1-35-15-19-42-24-23-39(37(3)50(42)33-35)10-8-9-38-17-21-40(22-18-38)46-11-4-6-13-48(46)49-14-7-5-12-47(49)41-25-28-44(29-26-41)52-32-31-45-30-27-43-20-16-36(2)34-51(43)53(45)54-52;1-3-2;3*1-2/h4-8,10-34H,9H2,1-3H3;1-2H3;2*1-2H3;1-2H2/b10-8-;;;;. The highest BCUT2D eigenvalue weighted by molar-refractivity contribution is 7.97. The maximum Gasteiger partial charge on any atom is 0.0787 e. The highest BCUT2D eigenvalue weighted by Gasteiger charge is 2.13. The molecule has 0 aliphatic carbocycles. The minimum absolute atomic E-state index is 0.886. The minimum Gasteiger partial charge on any atom is -0.247 e. The van der Waals surface area contributed by atoms with Crippen LogP contribution in [0.2, 0.25) is 0 Å². The summed E-state index contributed by atoms with van der Waals surface area (Å²) in [5.74, 6) is 0. The van der Waals surface area contributed by atoms with Crippen molar-refractivity contribution in [2.45, 2.75) is 54.9 Å². The van der Waals surface area contributed by atoms with Gasteiger partial charge in [-0.1, -0.05) is 209 Å². The number of thioether (sulfide) groups is 1. The van der Waals surface area contributed by atoms with Crippen LogP contribution in [-0.4, -0.2) is 17.5 Å². The summed E-state index contributed by atoms with van der Waals surface area (Å²) in [6.07, 6.45) is 9.52. The lowest BCUT2D eigenvalue weighted by Gasteiger charge is -2.15. The van der Waals surface area contributed by atoms with Crippen LogP contribution in [0.1, 0.15) is 55.5 Å². The molecule has 1 nitrogen and oxygen atoms in total. The summed E-state index contributed by atoms with van der Waals surface area (Å²) in [6, 6.07) is 61.9. The van der Waals surface area contributed by atoms with Gasteiger partial charge in [0.1, 0.15) is 0 Å². The van der Waals surface area contributed by atoms with Crippen molar-refractivity contribution in [3.8, 4) is 44.6 Å². The number of rotatable bonds is 7. The van der Waals surface area contributed by atoms with Crippen LogP contribution >= 0.6 is 11.8 Å². The first-order valence-corrected chi connectivity index (χ1v) is 23.8. The molecule has 1 aromatic heterocycles. The average molecular weight is 842 g/mol. The third-order valence-electron chi connectivity index (χ3n) is 10.9. The molecule has 0 spiro atoms. The fourth-order valence-corrected chi connectivity index (χ4v) is 7.86. The van der Waals surface area contributed by atoms with E-state index in [1.165, 1.54) is 82.7 Å². The Labute approximate surface area is 382 Å². The van der Waals surface area contributed by atoms with Crippen LogP contribution < -0.4 is 0 Å². The predicted octanol–water partition coefficient (Wildman–Crippen LogP) is 18.2. The molecule has 0 bridgehead atoms.